The fourth-order valence-electron chi connectivity index (χ4n) is 11.6. The van der Waals surface area contributed by atoms with Gasteiger partial charge in [-0.1, -0.05) is 164 Å². The van der Waals surface area contributed by atoms with E-state index in [-0.39, 0.29) is 5.89 Å². The van der Waals surface area contributed by atoms with Crippen LogP contribution in [0.25, 0.3) is 133 Å². The highest BCUT2D eigenvalue weighted by Gasteiger charge is 2.36. The Bertz CT molecular complexity index is 4510. The SMILES string of the molecule is N#Cc1c(-n2c3ccccc3c3ccccc32)c(-c2nnc(-c3ccccc3)o2)c(-n2c3ccccc3c3ccccc32)c(-n2c3ccccc3c3ccccc32)c1-n1c2ccccc2c2ccccc21. The Kier molecular flexibility index (Phi) is 8.26. The number of fused-ring (bicyclic) bond motifs is 12. The summed E-state index contributed by atoms with van der Waals surface area (Å²) in [6.07, 6.45) is 0. The van der Waals surface area contributed by atoms with E-state index in [4.69, 9.17) is 14.6 Å². The normalized spacial score (nSPS) is 11.9. The Balaban J connectivity index is 1.30. The van der Waals surface area contributed by atoms with Gasteiger partial charge in [0.1, 0.15) is 11.6 Å². The van der Waals surface area contributed by atoms with Crippen molar-refractivity contribution in [1.82, 2.24) is 28.5 Å². The molecule has 0 N–H and O–H groups in total. The molecule has 10 aromatic carbocycles. The molecule has 5 heterocycles. The predicted octanol–water partition coefficient (Wildman–Crippen LogP) is 15.7. The highest BCUT2D eigenvalue weighted by atomic mass is 16.4. The molecule has 71 heavy (non-hydrogen) atoms. The Labute approximate surface area is 405 Å². The third kappa shape index (κ3) is 5.43. The van der Waals surface area contributed by atoms with Gasteiger partial charge >= 0.3 is 0 Å². The first kappa shape index (κ1) is 39.1. The van der Waals surface area contributed by atoms with Crippen molar-refractivity contribution in [3.05, 3.63) is 230 Å². The summed E-state index contributed by atoms with van der Waals surface area (Å²) in [6, 6.07) is 81.1. The second-order valence-corrected chi connectivity index (χ2v) is 18.0. The van der Waals surface area contributed by atoms with Crippen molar-refractivity contribution in [2.24, 2.45) is 0 Å². The average molecular weight is 908 g/mol. The number of benzene rings is 10. The molecule has 0 saturated heterocycles. The monoisotopic (exact) mass is 907 g/mol. The minimum absolute atomic E-state index is 0.268. The summed E-state index contributed by atoms with van der Waals surface area (Å²) in [7, 11) is 0. The smallest absolute Gasteiger partial charge is 0.252 e. The largest absolute Gasteiger partial charge is 0.416 e. The zero-order valence-corrected chi connectivity index (χ0v) is 37.9. The molecule has 0 aliphatic heterocycles. The van der Waals surface area contributed by atoms with Crippen molar-refractivity contribution >= 4 is 87.2 Å². The maximum atomic E-state index is 12.6. The van der Waals surface area contributed by atoms with Crippen molar-refractivity contribution in [2.45, 2.75) is 0 Å². The third-order valence-corrected chi connectivity index (χ3v) is 14.4. The molecule has 0 aliphatic carbocycles. The maximum absolute atomic E-state index is 12.6. The first-order chi connectivity index (χ1) is 35.3. The van der Waals surface area contributed by atoms with Crippen molar-refractivity contribution < 1.29 is 4.42 Å². The van der Waals surface area contributed by atoms with Crippen LogP contribution in [0.2, 0.25) is 0 Å². The van der Waals surface area contributed by atoms with Crippen LogP contribution in [0.4, 0.5) is 0 Å². The van der Waals surface area contributed by atoms with Gasteiger partial charge in [-0.2, -0.15) is 5.26 Å². The minimum atomic E-state index is 0.268. The van der Waals surface area contributed by atoms with Crippen LogP contribution in [-0.2, 0) is 0 Å². The molecular weight excluding hydrogens is 871 g/mol. The zero-order valence-electron chi connectivity index (χ0n) is 37.9. The number of nitrogens with zero attached hydrogens (tertiary/aromatic N) is 7. The fraction of sp³-hybridized carbons (Fsp3) is 0. The lowest BCUT2D eigenvalue weighted by molar-refractivity contribution is 0.584. The molecule has 330 valence electrons. The van der Waals surface area contributed by atoms with E-state index in [9.17, 15) is 5.26 Å². The van der Waals surface area contributed by atoms with E-state index in [1.807, 2.05) is 30.3 Å². The standard InChI is InChI=1S/C63H37N7O/c64-38-48-58(67-49-30-12-4-22-40(49)41-23-5-13-31-50(41)67)57(63-66-65-62(71-63)39-20-2-1-3-21-39)60(69-53-34-16-8-26-44(53)45-27-9-17-35-54(45)69)61(70-55-36-18-10-28-46(55)47-29-11-19-37-56(47)70)59(48)68-51-32-14-6-24-42(51)43-25-7-15-33-52(43)68/h1-37H. The van der Waals surface area contributed by atoms with Crippen LogP contribution in [0.3, 0.4) is 0 Å². The molecule has 8 nitrogen and oxygen atoms in total. The van der Waals surface area contributed by atoms with Crippen molar-refractivity contribution in [3.63, 3.8) is 0 Å². The van der Waals surface area contributed by atoms with Gasteiger partial charge in [0.2, 0.25) is 5.89 Å². The molecule has 5 aromatic heterocycles. The molecular formula is C63H37N7O. The lowest BCUT2D eigenvalue weighted by Crippen LogP contribution is -2.16. The lowest BCUT2D eigenvalue weighted by Gasteiger charge is -2.28. The molecule has 0 saturated carbocycles. The first-order valence-electron chi connectivity index (χ1n) is 23.7. The van der Waals surface area contributed by atoms with E-state index in [2.05, 4.69) is 218 Å². The van der Waals surface area contributed by atoms with Gasteiger partial charge in [0.15, 0.2) is 0 Å². The van der Waals surface area contributed by atoms with Gasteiger partial charge in [-0.25, -0.2) is 0 Å². The van der Waals surface area contributed by atoms with E-state index in [1.54, 1.807) is 0 Å². The van der Waals surface area contributed by atoms with Crippen LogP contribution in [-0.4, -0.2) is 28.5 Å². The minimum Gasteiger partial charge on any atom is -0.416 e. The Morgan fingerprint density at radius 3 is 0.930 bits per heavy atom. The van der Waals surface area contributed by atoms with Crippen LogP contribution in [0, 0.1) is 11.3 Å². The van der Waals surface area contributed by atoms with E-state index < -0.39 is 0 Å². The third-order valence-electron chi connectivity index (χ3n) is 14.4. The van der Waals surface area contributed by atoms with Crippen LogP contribution < -0.4 is 0 Å². The van der Waals surface area contributed by atoms with E-state index in [0.29, 0.717) is 28.4 Å². The molecule has 15 aromatic rings. The molecule has 8 heteroatoms. The number of hydrogen-bond acceptors (Lipinski definition) is 4. The zero-order chi connectivity index (χ0) is 46.7. The molecule has 0 unspecified atom stereocenters. The highest BCUT2D eigenvalue weighted by Crippen LogP contribution is 2.51. The number of nitriles is 1. The quantitative estimate of drug-likeness (QED) is 0.166. The van der Waals surface area contributed by atoms with E-state index in [1.165, 1.54) is 0 Å². The van der Waals surface area contributed by atoms with E-state index >= 15 is 0 Å². The average Bonchev–Trinajstić information content (AvgIpc) is 4.27. The van der Waals surface area contributed by atoms with Crippen LogP contribution in [0.15, 0.2) is 229 Å². The number of rotatable bonds is 6. The highest BCUT2D eigenvalue weighted by molar-refractivity contribution is 6.17. The van der Waals surface area contributed by atoms with Gasteiger partial charge in [-0.05, 0) is 60.7 Å². The molecule has 0 fully saturated rings. The van der Waals surface area contributed by atoms with Crippen molar-refractivity contribution in [3.8, 4) is 51.7 Å². The van der Waals surface area contributed by atoms with E-state index in [0.717, 1.165) is 104 Å². The molecule has 0 aliphatic rings. The Hall–Kier alpha value is -9.97. The van der Waals surface area contributed by atoms with Gasteiger partial charge in [-0.15, -0.1) is 10.2 Å². The summed E-state index contributed by atoms with van der Waals surface area (Å²) in [4.78, 5) is 0. The molecule has 0 spiro atoms. The lowest BCUT2D eigenvalue weighted by atomic mass is 9.97. The summed E-state index contributed by atoms with van der Waals surface area (Å²) < 4.78 is 16.5. The summed E-state index contributed by atoms with van der Waals surface area (Å²) in [6.45, 7) is 0. The van der Waals surface area contributed by atoms with Gasteiger partial charge in [0, 0.05) is 48.7 Å². The van der Waals surface area contributed by atoms with Crippen LogP contribution in [0.1, 0.15) is 5.56 Å². The summed E-state index contributed by atoms with van der Waals surface area (Å²) in [5, 5.41) is 31.1. The molecule has 0 bridgehead atoms. The molecule has 15 rings (SSSR count). The summed E-state index contributed by atoms with van der Waals surface area (Å²) in [5.41, 5.74) is 12.4. The van der Waals surface area contributed by atoms with Crippen molar-refractivity contribution in [1.29, 1.82) is 5.26 Å². The molecule has 0 atom stereocenters. The maximum Gasteiger partial charge on any atom is 0.252 e. The fourth-order valence-corrected chi connectivity index (χ4v) is 11.6. The summed E-state index contributed by atoms with van der Waals surface area (Å²) >= 11 is 0. The van der Waals surface area contributed by atoms with Crippen molar-refractivity contribution in [2.75, 3.05) is 0 Å². The first-order valence-corrected chi connectivity index (χ1v) is 23.7. The molecule has 0 amide bonds. The topological polar surface area (TPSA) is 82.4 Å². The van der Waals surface area contributed by atoms with Gasteiger partial charge in [0.05, 0.1) is 72.4 Å². The Morgan fingerprint density at radius 1 is 0.296 bits per heavy atom. The number of aromatic nitrogens is 6. The number of hydrogen-bond donors (Lipinski definition) is 0. The molecule has 0 radical (unpaired) electrons. The van der Waals surface area contributed by atoms with Gasteiger partial charge in [-0.3, -0.25) is 0 Å². The summed E-state index contributed by atoms with van der Waals surface area (Å²) in [5.74, 6) is 0.634. The Morgan fingerprint density at radius 2 is 0.577 bits per heavy atom. The second-order valence-electron chi connectivity index (χ2n) is 18.0. The number of para-hydroxylation sites is 8. The van der Waals surface area contributed by atoms with Crippen LogP contribution >= 0.6 is 0 Å². The van der Waals surface area contributed by atoms with Gasteiger partial charge in [0.25, 0.3) is 5.89 Å². The van der Waals surface area contributed by atoms with Crippen LogP contribution in [0.5, 0.6) is 0 Å². The predicted molar refractivity (Wildman–Crippen MR) is 287 cm³/mol. The second kappa shape index (κ2) is 15.0. The van der Waals surface area contributed by atoms with Gasteiger partial charge < -0.3 is 22.7 Å².